The first-order chi connectivity index (χ1) is 11.9. The van der Waals surface area contributed by atoms with E-state index in [-0.39, 0.29) is 24.7 Å². The van der Waals surface area contributed by atoms with Crippen LogP contribution in [0.3, 0.4) is 0 Å². The molecule has 7 nitrogen and oxygen atoms in total. The SMILES string of the molecule is Cc1ccc(CNC(=O)CCC(=O)N2CCC[C@H]2C(=O)C(=O)O)cc1. The minimum atomic E-state index is -1.53. The summed E-state index contributed by atoms with van der Waals surface area (Å²) in [5, 5.41) is 11.5. The first-order valence-electron chi connectivity index (χ1n) is 8.27. The minimum Gasteiger partial charge on any atom is -0.475 e. The number of nitrogens with zero attached hydrogens (tertiary/aromatic N) is 1. The Kier molecular flexibility index (Phi) is 6.27. The number of rotatable bonds is 7. The van der Waals surface area contributed by atoms with Crippen molar-refractivity contribution in [3.8, 4) is 0 Å². The van der Waals surface area contributed by atoms with Crippen molar-refractivity contribution >= 4 is 23.6 Å². The van der Waals surface area contributed by atoms with Crippen LogP contribution in [0.2, 0.25) is 0 Å². The second kappa shape index (κ2) is 8.41. The highest BCUT2D eigenvalue weighted by molar-refractivity contribution is 6.35. The van der Waals surface area contributed by atoms with E-state index >= 15 is 0 Å². The molecule has 0 aliphatic carbocycles. The van der Waals surface area contributed by atoms with Gasteiger partial charge >= 0.3 is 5.97 Å². The van der Waals surface area contributed by atoms with Gasteiger partial charge in [-0.05, 0) is 25.3 Å². The molecule has 1 aliphatic heterocycles. The van der Waals surface area contributed by atoms with Crippen LogP contribution < -0.4 is 5.32 Å². The predicted octanol–water partition coefficient (Wildman–Crippen LogP) is 1.04. The van der Waals surface area contributed by atoms with Gasteiger partial charge in [-0.3, -0.25) is 14.4 Å². The zero-order valence-electron chi connectivity index (χ0n) is 14.2. The smallest absolute Gasteiger partial charge is 0.374 e. The van der Waals surface area contributed by atoms with Crippen LogP contribution in [0, 0.1) is 6.92 Å². The molecule has 25 heavy (non-hydrogen) atoms. The summed E-state index contributed by atoms with van der Waals surface area (Å²) >= 11 is 0. The number of Topliss-reactive ketones (excluding diaryl/α,β-unsaturated/α-hetero) is 1. The van der Waals surface area contributed by atoms with Crippen molar-refractivity contribution in [1.29, 1.82) is 0 Å². The topological polar surface area (TPSA) is 104 Å². The van der Waals surface area contributed by atoms with Crippen molar-refractivity contribution < 1.29 is 24.3 Å². The standard InChI is InChI=1S/C18H22N2O5/c1-12-4-6-13(7-5-12)11-19-15(21)8-9-16(22)20-10-2-3-14(20)17(23)18(24)25/h4-7,14H,2-3,8-11H2,1H3,(H,19,21)(H,24,25)/t14-/m0/s1. The molecule has 1 aromatic rings. The van der Waals surface area contributed by atoms with Crippen molar-refractivity contribution in [3.05, 3.63) is 35.4 Å². The molecule has 1 heterocycles. The molecule has 134 valence electrons. The maximum Gasteiger partial charge on any atom is 0.374 e. The molecule has 0 aromatic heterocycles. The number of hydrogen-bond acceptors (Lipinski definition) is 4. The van der Waals surface area contributed by atoms with Crippen LogP contribution in [0.25, 0.3) is 0 Å². The van der Waals surface area contributed by atoms with Crippen LogP contribution in [0.1, 0.15) is 36.8 Å². The van der Waals surface area contributed by atoms with E-state index < -0.39 is 17.8 Å². The highest BCUT2D eigenvalue weighted by Gasteiger charge is 2.36. The Balaban J connectivity index is 1.78. The van der Waals surface area contributed by atoms with E-state index in [0.29, 0.717) is 25.9 Å². The average molecular weight is 346 g/mol. The fourth-order valence-electron chi connectivity index (χ4n) is 2.84. The van der Waals surface area contributed by atoms with Crippen LogP contribution in [-0.4, -0.2) is 46.2 Å². The maximum absolute atomic E-state index is 12.2. The highest BCUT2D eigenvalue weighted by Crippen LogP contribution is 2.19. The molecule has 0 radical (unpaired) electrons. The number of carbonyl (C=O) groups is 4. The Bertz CT molecular complexity index is 669. The van der Waals surface area contributed by atoms with Gasteiger partial charge in [0.1, 0.15) is 6.04 Å². The molecule has 0 saturated carbocycles. The Labute approximate surface area is 146 Å². The van der Waals surface area contributed by atoms with Gasteiger partial charge in [0.2, 0.25) is 11.8 Å². The molecule has 1 aliphatic rings. The van der Waals surface area contributed by atoms with Crippen LogP contribution in [0.4, 0.5) is 0 Å². The number of ketones is 1. The largest absolute Gasteiger partial charge is 0.475 e. The van der Waals surface area contributed by atoms with Gasteiger partial charge in [-0.2, -0.15) is 0 Å². The van der Waals surface area contributed by atoms with Crippen LogP contribution in [0.15, 0.2) is 24.3 Å². The third kappa shape index (κ3) is 5.14. The second-order valence-corrected chi connectivity index (χ2v) is 6.18. The molecule has 1 aromatic carbocycles. The van der Waals surface area contributed by atoms with Crippen molar-refractivity contribution in [3.63, 3.8) is 0 Å². The summed E-state index contributed by atoms with van der Waals surface area (Å²) in [4.78, 5) is 47.8. The van der Waals surface area contributed by atoms with Gasteiger partial charge in [0.05, 0.1) is 0 Å². The lowest BCUT2D eigenvalue weighted by Gasteiger charge is -2.22. The van der Waals surface area contributed by atoms with Gasteiger partial charge in [0.25, 0.3) is 5.78 Å². The summed E-state index contributed by atoms with van der Waals surface area (Å²) in [6.07, 6.45) is 0.920. The maximum atomic E-state index is 12.2. The molecular weight excluding hydrogens is 324 g/mol. The average Bonchev–Trinajstić information content (AvgIpc) is 3.08. The van der Waals surface area contributed by atoms with Gasteiger partial charge in [-0.15, -0.1) is 0 Å². The van der Waals surface area contributed by atoms with E-state index in [4.69, 9.17) is 5.11 Å². The summed E-state index contributed by atoms with van der Waals surface area (Å²) < 4.78 is 0. The van der Waals surface area contributed by atoms with E-state index in [0.717, 1.165) is 11.1 Å². The lowest BCUT2D eigenvalue weighted by atomic mass is 10.1. The third-order valence-electron chi connectivity index (χ3n) is 4.26. The summed E-state index contributed by atoms with van der Waals surface area (Å²) in [6.45, 7) is 2.72. The molecule has 1 atom stereocenters. The van der Waals surface area contributed by atoms with Crippen molar-refractivity contribution in [1.82, 2.24) is 10.2 Å². The summed E-state index contributed by atoms with van der Waals surface area (Å²) in [7, 11) is 0. The zero-order chi connectivity index (χ0) is 18.4. The van der Waals surface area contributed by atoms with Gasteiger partial charge in [-0.1, -0.05) is 29.8 Å². The second-order valence-electron chi connectivity index (χ2n) is 6.18. The van der Waals surface area contributed by atoms with E-state index in [1.165, 1.54) is 4.90 Å². The quantitative estimate of drug-likeness (QED) is 0.718. The lowest BCUT2D eigenvalue weighted by Crippen LogP contribution is -2.43. The number of aliphatic carboxylic acids is 1. The van der Waals surface area contributed by atoms with E-state index in [2.05, 4.69) is 5.32 Å². The predicted molar refractivity (Wildman–Crippen MR) is 89.6 cm³/mol. The third-order valence-corrected chi connectivity index (χ3v) is 4.26. The number of nitrogens with one attached hydrogen (secondary N) is 1. The van der Waals surface area contributed by atoms with E-state index in [9.17, 15) is 19.2 Å². The fraction of sp³-hybridized carbons (Fsp3) is 0.444. The number of benzene rings is 1. The molecule has 0 bridgehead atoms. The summed E-state index contributed by atoms with van der Waals surface area (Å²) in [5.74, 6) is -3.10. The number of carbonyl (C=O) groups excluding carboxylic acids is 3. The number of aryl methyl sites for hydroxylation is 1. The molecule has 2 rings (SSSR count). The Morgan fingerprint density at radius 3 is 2.48 bits per heavy atom. The molecule has 2 N–H and O–H groups in total. The fourth-order valence-corrected chi connectivity index (χ4v) is 2.84. The highest BCUT2D eigenvalue weighted by atomic mass is 16.4. The van der Waals surface area contributed by atoms with Gasteiger partial charge in [0, 0.05) is 25.9 Å². The van der Waals surface area contributed by atoms with Gasteiger partial charge < -0.3 is 15.3 Å². The first kappa shape index (κ1) is 18.6. The van der Waals surface area contributed by atoms with E-state index in [1.54, 1.807) is 0 Å². The minimum absolute atomic E-state index is 0.00910. The Morgan fingerprint density at radius 1 is 1.16 bits per heavy atom. The molecule has 1 saturated heterocycles. The number of carboxylic acid groups (broad SMARTS) is 1. The van der Waals surface area contributed by atoms with E-state index in [1.807, 2.05) is 31.2 Å². The van der Waals surface area contributed by atoms with Crippen LogP contribution in [0.5, 0.6) is 0 Å². The summed E-state index contributed by atoms with van der Waals surface area (Å²) in [5.41, 5.74) is 2.11. The zero-order valence-corrected chi connectivity index (χ0v) is 14.2. The van der Waals surface area contributed by atoms with Crippen LogP contribution in [-0.2, 0) is 25.7 Å². The molecule has 0 unspecified atom stereocenters. The number of amides is 2. The normalized spacial score (nSPS) is 16.5. The number of hydrogen-bond donors (Lipinski definition) is 2. The number of carboxylic acids is 1. The first-order valence-corrected chi connectivity index (χ1v) is 8.27. The monoisotopic (exact) mass is 346 g/mol. The van der Waals surface area contributed by atoms with Gasteiger partial charge in [-0.25, -0.2) is 4.79 Å². The lowest BCUT2D eigenvalue weighted by molar-refractivity contribution is -0.152. The van der Waals surface area contributed by atoms with Crippen molar-refractivity contribution in [2.24, 2.45) is 0 Å². The molecular formula is C18H22N2O5. The Hall–Kier alpha value is -2.70. The van der Waals surface area contributed by atoms with Crippen molar-refractivity contribution in [2.75, 3.05) is 6.54 Å². The van der Waals surface area contributed by atoms with Gasteiger partial charge in [0.15, 0.2) is 0 Å². The molecule has 7 heteroatoms. The molecule has 1 fully saturated rings. The molecule has 0 spiro atoms. The van der Waals surface area contributed by atoms with Crippen LogP contribution >= 0.6 is 0 Å². The summed E-state index contributed by atoms with van der Waals surface area (Å²) in [6, 6.07) is 6.86. The Morgan fingerprint density at radius 2 is 1.84 bits per heavy atom. The van der Waals surface area contributed by atoms with Crippen molar-refractivity contribution in [2.45, 2.75) is 45.2 Å². The molecule has 2 amide bonds. The number of likely N-dealkylation sites (tertiary alicyclic amines) is 1.